The molecular weight excluding hydrogens is 706 g/mol. The fourth-order valence-electron chi connectivity index (χ4n) is 7.78. The molecule has 0 bridgehead atoms. The molecule has 5 nitrogen and oxygen atoms in total. The molecule has 0 fully saturated rings. The molecule has 0 saturated heterocycles. The van der Waals surface area contributed by atoms with E-state index in [4.69, 9.17) is 18.8 Å². The van der Waals surface area contributed by atoms with E-state index in [9.17, 15) is 4.39 Å². The fourth-order valence-corrected chi connectivity index (χ4v) is 7.78. The van der Waals surface area contributed by atoms with Gasteiger partial charge in [0.25, 0.3) is 0 Å². The number of pyridine rings is 1. The van der Waals surface area contributed by atoms with Crippen molar-refractivity contribution < 1.29 is 13.2 Å². The van der Waals surface area contributed by atoms with Gasteiger partial charge in [-0.3, -0.25) is 4.98 Å². The van der Waals surface area contributed by atoms with Gasteiger partial charge in [0.15, 0.2) is 5.82 Å². The van der Waals surface area contributed by atoms with Crippen LogP contribution in [0.2, 0.25) is 0 Å². The Hall–Kier alpha value is -7.70. The lowest BCUT2D eigenvalue weighted by atomic mass is 9.93. The predicted octanol–water partition coefficient (Wildman–Crippen LogP) is 13.8. The zero-order valence-corrected chi connectivity index (χ0v) is 30.4. The molecule has 6 heteroatoms. The van der Waals surface area contributed by atoms with Crippen LogP contribution in [-0.4, -0.2) is 15.0 Å². The van der Waals surface area contributed by atoms with E-state index in [-0.39, 0.29) is 5.82 Å². The van der Waals surface area contributed by atoms with Gasteiger partial charge in [0, 0.05) is 56.2 Å². The molecule has 0 atom stereocenters. The SMILES string of the molecule is Fc1ccc(-c2cc(-c3cc(-c4ccc5oc6ccccc6c5c4)cc(-c4ccc5oc6ccccc6c5c4)c3)nc(-c3cccc(-c4cccnc4)c3)n2)cc1. The van der Waals surface area contributed by atoms with E-state index in [0.29, 0.717) is 11.5 Å². The highest BCUT2D eigenvalue weighted by Gasteiger charge is 2.17. The molecule has 4 heterocycles. The maximum absolute atomic E-state index is 14.2. The summed E-state index contributed by atoms with van der Waals surface area (Å²) in [4.78, 5) is 14.7. The van der Waals surface area contributed by atoms with Crippen LogP contribution >= 0.6 is 0 Å². The minimum atomic E-state index is -0.306. The van der Waals surface area contributed by atoms with Crippen LogP contribution in [0.15, 0.2) is 191 Å². The number of benzene rings is 7. The van der Waals surface area contributed by atoms with Gasteiger partial charge in [-0.15, -0.1) is 0 Å². The number of hydrogen-bond donors (Lipinski definition) is 0. The molecule has 0 amide bonds. The van der Waals surface area contributed by atoms with E-state index in [2.05, 4.69) is 71.7 Å². The molecule has 57 heavy (non-hydrogen) atoms. The van der Waals surface area contributed by atoms with E-state index in [1.807, 2.05) is 85.1 Å². The van der Waals surface area contributed by atoms with Gasteiger partial charge in [-0.2, -0.15) is 0 Å². The van der Waals surface area contributed by atoms with Crippen LogP contribution in [0.25, 0.3) is 111 Å². The van der Waals surface area contributed by atoms with E-state index in [1.165, 1.54) is 12.1 Å². The molecule has 11 rings (SSSR count). The standard InChI is InChI=1S/C51H30FN3O2/c52-40-18-14-31(15-19-40)45-29-46(55-51(54-45)35-8-5-7-32(23-35)36-9-6-22-53-30-36)39-25-37(33-16-20-49-43(27-33)41-10-1-3-12-47(41)56-49)24-38(26-39)34-17-21-50-44(28-34)42-11-2-4-13-48(42)57-50/h1-30H. The molecule has 0 radical (unpaired) electrons. The van der Waals surface area contributed by atoms with E-state index in [0.717, 1.165) is 99.6 Å². The second kappa shape index (κ2) is 13.3. The van der Waals surface area contributed by atoms with Crippen LogP contribution in [0.5, 0.6) is 0 Å². The van der Waals surface area contributed by atoms with Crippen LogP contribution in [0, 0.1) is 5.82 Å². The summed E-state index contributed by atoms with van der Waals surface area (Å²) in [6.45, 7) is 0. The minimum Gasteiger partial charge on any atom is -0.456 e. The van der Waals surface area contributed by atoms with Gasteiger partial charge >= 0.3 is 0 Å². The number of para-hydroxylation sites is 2. The highest BCUT2D eigenvalue weighted by molar-refractivity contribution is 6.07. The van der Waals surface area contributed by atoms with Crippen molar-refractivity contribution in [1.82, 2.24) is 15.0 Å². The average Bonchev–Trinajstić information content (AvgIpc) is 3.84. The zero-order chi connectivity index (χ0) is 37.9. The van der Waals surface area contributed by atoms with Gasteiger partial charge in [-0.05, 0) is 125 Å². The van der Waals surface area contributed by atoms with Crippen LogP contribution in [0.4, 0.5) is 4.39 Å². The Morgan fingerprint density at radius 1 is 0.351 bits per heavy atom. The largest absolute Gasteiger partial charge is 0.456 e. The number of hydrogen-bond acceptors (Lipinski definition) is 5. The van der Waals surface area contributed by atoms with Crippen LogP contribution in [-0.2, 0) is 0 Å². The highest BCUT2D eigenvalue weighted by Crippen LogP contribution is 2.39. The number of halogens is 1. The van der Waals surface area contributed by atoms with E-state index in [1.54, 1.807) is 18.3 Å². The first-order chi connectivity index (χ1) is 28.1. The Labute approximate surface area is 326 Å². The predicted molar refractivity (Wildman–Crippen MR) is 227 cm³/mol. The topological polar surface area (TPSA) is 65.0 Å². The summed E-state index contributed by atoms with van der Waals surface area (Å²) in [5, 5.41) is 4.25. The van der Waals surface area contributed by atoms with Gasteiger partial charge in [0.1, 0.15) is 28.1 Å². The van der Waals surface area contributed by atoms with Gasteiger partial charge in [0.05, 0.1) is 11.4 Å². The molecule has 0 spiro atoms. The van der Waals surface area contributed by atoms with Crippen molar-refractivity contribution in [3.8, 4) is 67.3 Å². The van der Waals surface area contributed by atoms with Crippen molar-refractivity contribution in [2.45, 2.75) is 0 Å². The van der Waals surface area contributed by atoms with Gasteiger partial charge in [-0.25, -0.2) is 14.4 Å². The summed E-state index contributed by atoms with van der Waals surface area (Å²) in [5.74, 6) is 0.251. The quantitative estimate of drug-likeness (QED) is 0.170. The third-order valence-electron chi connectivity index (χ3n) is 10.6. The Kier molecular flexibility index (Phi) is 7.60. The second-order valence-electron chi connectivity index (χ2n) is 14.2. The van der Waals surface area contributed by atoms with E-state index < -0.39 is 0 Å². The summed E-state index contributed by atoms with van der Waals surface area (Å²) < 4.78 is 26.6. The molecular formula is C51H30FN3O2. The normalized spacial score (nSPS) is 11.6. The number of nitrogens with zero attached hydrogens (tertiary/aromatic N) is 3. The third kappa shape index (κ3) is 5.92. The van der Waals surface area contributed by atoms with Gasteiger partial charge in [0.2, 0.25) is 0 Å². The molecule has 268 valence electrons. The van der Waals surface area contributed by atoms with Crippen molar-refractivity contribution in [3.05, 3.63) is 188 Å². The number of rotatable bonds is 6. The number of fused-ring (bicyclic) bond motifs is 6. The summed E-state index contributed by atoms with van der Waals surface area (Å²) in [7, 11) is 0. The van der Waals surface area contributed by atoms with Gasteiger partial charge < -0.3 is 8.83 Å². The van der Waals surface area contributed by atoms with Crippen molar-refractivity contribution in [1.29, 1.82) is 0 Å². The zero-order valence-electron chi connectivity index (χ0n) is 30.4. The molecule has 11 aromatic rings. The Bertz CT molecular complexity index is 3180. The molecule has 4 aromatic heterocycles. The number of furan rings is 2. The lowest BCUT2D eigenvalue weighted by Crippen LogP contribution is -1.97. The second-order valence-corrected chi connectivity index (χ2v) is 14.2. The number of aromatic nitrogens is 3. The van der Waals surface area contributed by atoms with Crippen molar-refractivity contribution >= 4 is 43.9 Å². The Morgan fingerprint density at radius 2 is 0.860 bits per heavy atom. The molecule has 0 N–H and O–H groups in total. The lowest BCUT2D eigenvalue weighted by Gasteiger charge is -2.14. The Balaban J connectivity index is 1.13. The van der Waals surface area contributed by atoms with Crippen molar-refractivity contribution in [2.24, 2.45) is 0 Å². The first-order valence-corrected chi connectivity index (χ1v) is 18.7. The van der Waals surface area contributed by atoms with E-state index >= 15 is 0 Å². The summed E-state index contributed by atoms with van der Waals surface area (Å²) in [6, 6.07) is 56.1. The molecule has 0 unspecified atom stereocenters. The van der Waals surface area contributed by atoms with Gasteiger partial charge in [-0.1, -0.05) is 72.8 Å². The first-order valence-electron chi connectivity index (χ1n) is 18.7. The summed E-state index contributed by atoms with van der Waals surface area (Å²) >= 11 is 0. The summed E-state index contributed by atoms with van der Waals surface area (Å²) in [5.41, 5.74) is 13.5. The van der Waals surface area contributed by atoms with Crippen LogP contribution in [0.1, 0.15) is 0 Å². The third-order valence-corrected chi connectivity index (χ3v) is 10.6. The minimum absolute atomic E-state index is 0.306. The maximum atomic E-state index is 14.2. The molecule has 0 aliphatic heterocycles. The van der Waals surface area contributed by atoms with Crippen LogP contribution < -0.4 is 0 Å². The smallest absolute Gasteiger partial charge is 0.160 e. The van der Waals surface area contributed by atoms with Crippen LogP contribution in [0.3, 0.4) is 0 Å². The average molecular weight is 736 g/mol. The molecule has 0 aliphatic rings. The lowest BCUT2D eigenvalue weighted by molar-refractivity contribution is 0.628. The molecule has 7 aromatic carbocycles. The maximum Gasteiger partial charge on any atom is 0.160 e. The van der Waals surface area contributed by atoms with Crippen molar-refractivity contribution in [2.75, 3.05) is 0 Å². The monoisotopic (exact) mass is 735 g/mol. The highest BCUT2D eigenvalue weighted by atomic mass is 19.1. The fraction of sp³-hybridized carbons (Fsp3) is 0. The molecule has 0 saturated carbocycles. The van der Waals surface area contributed by atoms with Crippen molar-refractivity contribution in [3.63, 3.8) is 0 Å². The molecule has 0 aliphatic carbocycles. The Morgan fingerprint density at radius 3 is 1.49 bits per heavy atom. The first kappa shape index (κ1) is 32.7. The summed E-state index contributed by atoms with van der Waals surface area (Å²) in [6.07, 6.45) is 3.61.